The first kappa shape index (κ1) is 33.8. The molecule has 19 heteroatoms. The van der Waals surface area contributed by atoms with Crippen molar-refractivity contribution in [2.45, 2.75) is 55.2 Å². The maximum Gasteiger partial charge on any atom is 0.352 e. The van der Waals surface area contributed by atoms with Crippen molar-refractivity contribution in [1.29, 1.82) is 0 Å². The number of allylic oxidation sites excluding steroid dienone is 2. The highest BCUT2D eigenvalue weighted by Gasteiger charge is 2.54. The topological polar surface area (TPSA) is 268 Å². The number of hydrogen-bond donors (Lipinski definition) is 7. The molecule has 1 saturated carbocycles. The molecule has 7 rings (SSSR count). The Bertz CT molecular complexity index is 2080. The minimum Gasteiger partial charge on any atom is -0.504 e. The van der Waals surface area contributed by atoms with Crippen molar-refractivity contribution in [1.82, 2.24) is 20.2 Å². The molecular weight excluding hydrogens is 705 g/mol. The molecule has 5 atom stereocenters. The van der Waals surface area contributed by atoms with Gasteiger partial charge in [-0.25, -0.2) is 19.1 Å². The zero-order valence-corrected chi connectivity index (χ0v) is 28.1. The van der Waals surface area contributed by atoms with Crippen LogP contribution in [0, 0.1) is 0 Å². The van der Waals surface area contributed by atoms with Gasteiger partial charge in [0.05, 0.1) is 5.56 Å². The first-order valence-corrected chi connectivity index (χ1v) is 17.6. The van der Waals surface area contributed by atoms with E-state index in [1.807, 2.05) is 10.6 Å². The summed E-state index contributed by atoms with van der Waals surface area (Å²) in [7, 11) is 0. The summed E-state index contributed by atoms with van der Waals surface area (Å²) in [4.78, 5) is 66.1. The van der Waals surface area contributed by atoms with Gasteiger partial charge in [-0.3, -0.25) is 14.5 Å². The fourth-order valence-corrected chi connectivity index (χ4v) is 8.84. The summed E-state index contributed by atoms with van der Waals surface area (Å²) < 4.78 is 2.03. The predicted molar refractivity (Wildman–Crippen MR) is 181 cm³/mol. The summed E-state index contributed by atoms with van der Waals surface area (Å²) in [5.74, 6) is -3.87. The summed E-state index contributed by atoms with van der Waals surface area (Å²) in [6, 6.07) is 2.06. The number of carbonyl (C=O) groups excluding carboxylic acids is 2. The number of β-lactam (4-membered cyclic amide) rings is 1. The van der Waals surface area contributed by atoms with E-state index in [0.29, 0.717) is 29.8 Å². The molecule has 0 spiro atoms. The summed E-state index contributed by atoms with van der Waals surface area (Å²) in [6.45, 7) is 0.442. The lowest BCUT2D eigenvalue weighted by Crippen LogP contribution is -2.71. The number of aliphatic carboxylic acids is 2. The first-order chi connectivity index (χ1) is 24.4. The van der Waals surface area contributed by atoms with Gasteiger partial charge in [-0.2, -0.15) is 0 Å². The van der Waals surface area contributed by atoms with Crippen molar-refractivity contribution < 1.29 is 49.0 Å². The number of hydrogen-bond acceptors (Lipinski definition) is 14. The summed E-state index contributed by atoms with van der Waals surface area (Å²) >= 11 is 2.23. The Hall–Kier alpha value is -5.69. The highest BCUT2D eigenvalue weighted by Crippen LogP contribution is 2.56. The van der Waals surface area contributed by atoms with Gasteiger partial charge in [0.15, 0.2) is 22.3 Å². The van der Waals surface area contributed by atoms with Crippen LogP contribution >= 0.6 is 23.1 Å². The molecular formula is C32H31N8O9S2+. The van der Waals surface area contributed by atoms with Gasteiger partial charge < -0.3 is 42.0 Å². The van der Waals surface area contributed by atoms with Crippen molar-refractivity contribution in [3.8, 4) is 11.5 Å². The lowest BCUT2D eigenvalue weighted by atomic mass is 9.73. The van der Waals surface area contributed by atoms with Crippen molar-refractivity contribution in [2.24, 2.45) is 5.16 Å². The monoisotopic (exact) mass is 735 g/mol. The van der Waals surface area contributed by atoms with E-state index in [0.717, 1.165) is 53.2 Å². The van der Waals surface area contributed by atoms with E-state index >= 15 is 0 Å². The number of phenolic OH excluding ortho intramolecular Hbond substituents is 2. The number of phenols is 2. The third kappa shape index (κ3) is 5.97. The molecule has 2 fully saturated rings. The van der Waals surface area contributed by atoms with Gasteiger partial charge in [-0.05, 0) is 41.6 Å². The van der Waals surface area contributed by atoms with Gasteiger partial charge in [-0.1, -0.05) is 23.7 Å². The van der Waals surface area contributed by atoms with Crippen LogP contribution in [0.15, 0.2) is 58.5 Å². The van der Waals surface area contributed by atoms with Crippen LogP contribution in [0.1, 0.15) is 59.7 Å². The largest absolute Gasteiger partial charge is 0.504 e. The molecule has 264 valence electrons. The number of benzene rings is 1. The van der Waals surface area contributed by atoms with E-state index in [4.69, 9.17) is 16.3 Å². The molecule has 9 N–H and O–H groups in total. The number of anilines is 2. The number of nitrogens with two attached hydrogens (primary N) is 2. The van der Waals surface area contributed by atoms with Crippen molar-refractivity contribution in [3.05, 3.63) is 75.8 Å². The molecule has 2 aliphatic heterocycles. The van der Waals surface area contributed by atoms with Crippen molar-refractivity contribution in [3.63, 3.8) is 0 Å². The number of oxime groups is 1. The van der Waals surface area contributed by atoms with Crippen LogP contribution in [0.3, 0.4) is 0 Å². The number of rotatable bonds is 11. The maximum atomic E-state index is 13.5. The van der Waals surface area contributed by atoms with Crippen molar-refractivity contribution >= 4 is 63.5 Å². The lowest BCUT2D eigenvalue weighted by molar-refractivity contribution is -0.701. The zero-order valence-electron chi connectivity index (χ0n) is 26.5. The first-order valence-electron chi connectivity index (χ1n) is 15.7. The van der Waals surface area contributed by atoms with Crippen LogP contribution in [0.4, 0.5) is 10.9 Å². The Kier molecular flexibility index (Phi) is 8.75. The summed E-state index contributed by atoms with van der Waals surface area (Å²) in [6.07, 6.45) is 6.73. The van der Waals surface area contributed by atoms with Gasteiger partial charge in [0.2, 0.25) is 11.9 Å². The third-order valence-corrected chi connectivity index (χ3v) is 11.3. The van der Waals surface area contributed by atoms with Gasteiger partial charge in [-0.15, -0.1) is 23.1 Å². The molecule has 2 amide bonds. The molecule has 1 aromatic carbocycles. The second-order valence-electron chi connectivity index (χ2n) is 12.2. The van der Waals surface area contributed by atoms with E-state index in [9.17, 15) is 39.6 Å². The number of aromatic hydroxyl groups is 2. The fraction of sp³-hybridized carbons (Fsp3) is 0.312. The number of fused-ring (bicyclic) bond motifs is 5. The van der Waals surface area contributed by atoms with E-state index < -0.39 is 58.5 Å². The molecule has 51 heavy (non-hydrogen) atoms. The number of amides is 2. The highest BCUT2D eigenvalue weighted by atomic mass is 32.2. The number of thiazole rings is 1. The molecule has 5 unspecified atom stereocenters. The van der Waals surface area contributed by atoms with Crippen LogP contribution in [0.25, 0.3) is 0 Å². The van der Waals surface area contributed by atoms with E-state index in [1.54, 1.807) is 12.4 Å². The Morgan fingerprint density at radius 3 is 2.67 bits per heavy atom. The van der Waals surface area contributed by atoms with Crippen LogP contribution in [0.5, 0.6) is 11.5 Å². The molecule has 4 heterocycles. The number of aromatic nitrogens is 3. The number of nitrogen functional groups attached to an aromatic ring is 2. The Balaban J connectivity index is 1.08. The van der Waals surface area contributed by atoms with Crippen molar-refractivity contribution in [2.75, 3.05) is 17.2 Å². The van der Waals surface area contributed by atoms with Gasteiger partial charge >= 0.3 is 11.9 Å². The quantitative estimate of drug-likeness (QED) is 0.0481. The highest BCUT2D eigenvalue weighted by molar-refractivity contribution is 8.00. The smallest absolute Gasteiger partial charge is 0.352 e. The Morgan fingerprint density at radius 1 is 1.18 bits per heavy atom. The molecule has 1 saturated heterocycles. The number of thioether (sulfide) groups is 1. The molecule has 4 aliphatic rings. The van der Waals surface area contributed by atoms with Crippen LogP contribution < -0.4 is 21.4 Å². The second kappa shape index (κ2) is 13.2. The van der Waals surface area contributed by atoms with Gasteiger partial charge in [0.1, 0.15) is 35.0 Å². The predicted octanol–water partition coefficient (Wildman–Crippen LogP) is 1.31. The summed E-state index contributed by atoms with van der Waals surface area (Å²) in [5.41, 5.74) is 13.7. The van der Waals surface area contributed by atoms with Gasteiger partial charge in [0.25, 0.3) is 18.1 Å². The average molecular weight is 736 g/mol. The fourth-order valence-electron chi connectivity index (χ4n) is 6.97. The lowest BCUT2D eigenvalue weighted by Gasteiger charge is -2.49. The Morgan fingerprint density at radius 2 is 1.96 bits per heavy atom. The van der Waals surface area contributed by atoms with Crippen LogP contribution in [0.2, 0.25) is 0 Å². The van der Waals surface area contributed by atoms with E-state index in [1.165, 1.54) is 28.9 Å². The zero-order chi connectivity index (χ0) is 36.1. The molecule has 2 aromatic heterocycles. The normalized spacial score (nSPS) is 22.8. The SMILES string of the molecule is Nc1nc(/C(=N/OC(C(=O)O)c2ccc(O)c(O)c2)C(=O)NC2C(=O)N3C(C(=O)O)=C(/C=C/C[n+]4cnc(N)c5c4C4CCCC54)CSC23)cs1. The average Bonchev–Trinajstić information content (AvgIpc) is 3.70. The Labute approximate surface area is 296 Å². The summed E-state index contributed by atoms with van der Waals surface area (Å²) in [5, 5.41) is 46.3. The van der Waals surface area contributed by atoms with E-state index in [-0.39, 0.29) is 27.8 Å². The number of nitrogens with zero attached hydrogens (tertiary/aromatic N) is 5. The van der Waals surface area contributed by atoms with E-state index in [2.05, 4.69) is 20.4 Å². The number of nitrogens with one attached hydrogen (secondary N) is 1. The number of carbonyl (C=O) groups is 4. The molecule has 2 aliphatic carbocycles. The third-order valence-electron chi connectivity index (χ3n) is 9.30. The maximum absolute atomic E-state index is 13.5. The number of carboxylic acid groups (broad SMARTS) is 2. The van der Waals surface area contributed by atoms with Crippen LogP contribution in [-0.4, -0.2) is 81.9 Å². The number of carboxylic acids is 2. The molecule has 0 bridgehead atoms. The molecule has 17 nitrogen and oxygen atoms in total. The standard InChI is InChI=1S/C32H30N8O9S2/c33-26-20-15-4-1-5-16(15)24(20)39(12-35-26)8-2-3-14-10-50-29-22(28(44)40(29)23(14)30(45)46)37-27(43)21(17-11-51-32(34)36-17)38-49-25(31(47)48)13-6-7-18(41)19(42)9-13/h2-3,6-7,9,11-12,15-16,22,25,29,33H,1,4-5,8,10H2,(H7,34,36,37,38,41,42,43,45,46,47,48)/p+1/b3-2+. The second-order valence-corrected chi connectivity index (χ2v) is 14.2. The molecule has 0 radical (unpaired) electrons. The minimum absolute atomic E-state index is 0.0666. The minimum atomic E-state index is -1.81. The van der Waals surface area contributed by atoms with Crippen LogP contribution in [-0.2, 0) is 30.6 Å². The van der Waals surface area contributed by atoms with Gasteiger partial charge in [0, 0.05) is 28.5 Å². The molecule has 3 aromatic rings.